The molecule has 1 amide bonds. The van der Waals surface area contributed by atoms with Crippen molar-refractivity contribution >= 4 is 11.6 Å². The Bertz CT molecular complexity index is 1070. The second-order valence-electron chi connectivity index (χ2n) is 7.15. The van der Waals surface area contributed by atoms with Gasteiger partial charge in [-0.3, -0.25) is 4.79 Å². The molecule has 0 radical (unpaired) electrons. The minimum Gasteiger partial charge on any atom is -0.495 e. The van der Waals surface area contributed by atoms with Gasteiger partial charge in [-0.15, -0.1) is 0 Å². The molecule has 0 N–H and O–H groups in total. The molecule has 0 bridgehead atoms. The topological polar surface area (TPSA) is 32.8 Å². The van der Waals surface area contributed by atoms with Crippen molar-refractivity contribution in [3.63, 3.8) is 0 Å². The molecule has 4 nitrogen and oxygen atoms in total. The summed E-state index contributed by atoms with van der Waals surface area (Å²) >= 11 is 0. The molecule has 0 atom stereocenters. The highest BCUT2D eigenvalue weighted by Crippen LogP contribution is 2.28. The van der Waals surface area contributed by atoms with Crippen LogP contribution in [0.1, 0.15) is 21.5 Å². The van der Waals surface area contributed by atoms with E-state index < -0.39 is 0 Å². The van der Waals surface area contributed by atoms with Crippen LogP contribution >= 0.6 is 0 Å². The van der Waals surface area contributed by atoms with Crippen molar-refractivity contribution < 1.29 is 9.53 Å². The third-order valence-electron chi connectivity index (χ3n) is 5.23. The monoisotopic (exact) mass is 396 g/mol. The quantitative estimate of drug-likeness (QED) is 0.626. The number of amides is 1. The molecule has 30 heavy (non-hydrogen) atoms. The zero-order valence-corrected chi connectivity index (χ0v) is 17.0. The Hall–Kier alpha value is -3.71. The second kappa shape index (κ2) is 9.19. The van der Waals surface area contributed by atoms with E-state index in [4.69, 9.17) is 4.74 Å². The lowest BCUT2D eigenvalue weighted by atomic mass is 10.1. The number of ether oxygens (including phenoxy) is 1. The molecule has 1 aliphatic heterocycles. The number of hydrogen-bond donors (Lipinski definition) is 0. The predicted octanol–water partition coefficient (Wildman–Crippen LogP) is 4.06. The summed E-state index contributed by atoms with van der Waals surface area (Å²) in [7, 11) is 1.69. The van der Waals surface area contributed by atoms with E-state index >= 15 is 0 Å². The van der Waals surface area contributed by atoms with Gasteiger partial charge in [-0.1, -0.05) is 48.2 Å². The Morgan fingerprint density at radius 3 is 2.23 bits per heavy atom. The summed E-state index contributed by atoms with van der Waals surface area (Å²) in [6.45, 7) is 2.91. The van der Waals surface area contributed by atoms with Crippen LogP contribution in [-0.2, 0) is 0 Å². The highest BCUT2D eigenvalue weighted by molar-refractivity contribution is 5.94. The van der Waals surface area contributed by atoms with E-state index in [0.717, 1.165) is 35.7 Å². The van der Waals surface area contributed by atoms with Crippen molar-refractivity contribution in [3.8, 4) is 17.6 Å². The van der Waals surface area contributed by atoms with E-state index in [9.17, 15) is 4.79 Å². The van der Waals surface area contributed by atoms with Crippen LogP contribution in [0.15, 0.2) is 78.9 Å². The average Bonchev–Trinajstić information content (AvgIpc) is 2.83. The largest absolute Gasteiger partial charge is 0.495 e. The van der Waals surface area contributed by atoms with Gasteiger partial charge in [0.1, 0.15) is 5.75 Å². The Morgan fingerprint density at radius 1 is 0.800 bits per heavy atom. The van der Waals surface area contributed by atoms with E-state index in [0.29, 0.717) is 18.7 Å². The number of benzene rings is 3. The SMILES string of the molecule is COc1ccccc1N1CCN(C(=O)c2cccc(C#Cc3ccccc3)c2)CC1. The summed E-state index contributed by atoms with van der Waals surface area (Å²) < 4.78 is 5.48. The third kappa shape index (κ3) is 4.47. The maximum Gasteiger partial charge on any atom is 0.254 e. The Labute approximate surface area is 177 Å². The van der Waals surface area contributed by atoms with E-state index in [1.165, 1.54) is 0 Å². The molecule has 3 aromatic carbocycles. The molecule has 0 spiro atoms. The minimum absolute atomic E-state index is 0.0537. The Morgan fingerprint density at radius 2 is 1.47 bits per heavy atom. The van der Waals surface area contributed by atoms with Crippen LogP contribution in [0.2, 0.25) is 0 Å². The molecular formula is C26H24N2O2. The maximum atomic E-state index is 13.0. The highest BCUT2D eigenvalue weighted by atomic mass is 16.5. The maximum absolute atomic E-state index is 13.0. The standard InChI is InChI=1S/C26H24N2O2/c1-30-25-13-6-5-12-24(25)27-16-18-28(19-17-27)26(29)23-11-7-10-22(20-23)15-14-21-8-3-2-4-9-21/h2-13,20H,16-19H2,1H3. The number of methoxy groups -OCH3 is 1. The fraction of sp³-hybridized carbons (Fsp3) is 0.192. The predicted molar refractivity (Wildman–Crippen MR) is 120 cm³/mol. The number of rotatable bonds is 3. The number of piperazine rings is 1. The van der Waals surface area contributed by atoms with Gasteiger partial charge in [-0.25, -0.2) is 0 Å². The third-order valence-corrected chi connectivity index (χ3v) is 5.23. The lowest BCUT2D eigenvalue weighted by Crippen LogP contribution is -2.48. The molecule has 0 aromatic heterocycles. The number of carbonyl (C=O) groups is 1. The number of nitrogens with zero attached hydrogens (tertiary/aromatic N) is 2. The van der Waals surface area contributed by atoms with Crippen LogP contribution in [0.4, 0.5) is 5.69 Å². The fourth-order valence-electron chi connectivity index (χ4n) is 3.62. The summed E-state index contributed by atoms with van der Waals surface area (Å²) in [4.78, 5) is 17.2. The first kappa shape index (κ1) is 19.6. The van der Waals surface area contributed by atoms with Crippen LogP contribution in [0.3, 0.4) is 0 Å². The number of para-hydroxylation sites is 2. The second-order valence-corrected chi connectivity index (χ2v) is 7.15. The van der Waals surface area contributed by atoms with Crippen LogP contribution in [0.5, 0.6) is 5.75 Å². The van der Waals surface area contributed by atoms with Gasteiger partial charge in [0.05, 0.1) is 12.8 Å². The summed E-state index contributed by atoms with van der Waals surface area (Å²) in [5.41, 5.74) is 3.56. The van der Waals surface area contributed by atoms with Crippen molar-refractivity contribution in [2.45, 2.75) is 0 Å². The molecule has 4 heteroatoms. The van der Waals surface area contributed by atoms with Crippen LogP contribution < -0.4 is 9.64 Å². The van der Waals surface area contributed by atoms with Crippen LogP contribution in [0.25, 0.3) is 0 Å². The van der Waals surface area contributed by atoms with Crippen LogP contribution in [0, 0.1) is 11.8 Å². The Kier molecular flexibility index (Phi) is 6.01. The molecule has 150 valence electrons. The van der Waals surface area contributed by atoms with Crippen molar-refractivity contribution in [2.75, 3.05) is 38.2 Å². The van der Waals surface area contributed by atoms with Gasteiger partial charge in [-0.05, 0) is 42.5 Å². The molecule has 1 fully saturated rings. The highest BCUT2D eigenvalue weighted by Gasteiger charge is 2.23. The first-order valence-corrected chi connectivity index (χ1v) is 10.1. The van der Waals surface area contributed by atoms with E-state index in [1.54, 1.807) is 7.11 Å². The molecule has 1 heterocycles. The fourth-order valence-corrected chi connectivity index (χ4v) is 3.62. The zero-order chi connectivity index (χ0) is 20.8. The van der Waals surface area contributed by atoms with E-state index in [2.05, 4.69) is 22.8 Å². The normalized spacial score (nSPS) is 13.4. The van der Waals surface area contributed by atoms with E-state index in [1.807, 2.05) is 77.7 Å². The number of carbonyl (C=O) groups excluding carboxylic acids is 1. The zero-order valence-electron chi connectivity index (χ0n) is 17.0. The van der Waals surface area contributed by atoms with Gasteiger partial charge in [0.2, 0.25) is 0 Å². The van der Waals surface area contributed by atoms with Crippen molar-refractivity contribution in [1.82, 2.24) is 4.90 Å². The Balaban J connectivity index is 1.43. The van der Waals surface area contributed by atoms with Gasteiger partial charge in [0, 0.05) is 42.9 Å². The summed E-state index contributed by atoms with van der Waals surface area (Å²) in [5.74, 6) is 7.22. The molecular weight excluding hydrogens is 372 g/mol. The van der Waals surface area contributed by atoms with Crippen molar-refractivity contribution in [3.05, 3.63) is 95.6 Å². The van der Waals surface area contributed by atoms with Crippen molar-refractivity contribution in [1.29, 1.82) is 0 Å². The van der Waals surface area contributed by atoms with E-state index in [-0.39, 0.29) is 5.91 Å². The summed E-state index contributed by atoms with van der Waals surface area (Å²) in [5, 5.41) is 0. The molecule has 0 unspecified atom stereocenters. The summed E-state index contributed by atoms with van der Waals surface area (Å²) in [6.07, 6.45) is 0. The average molecular weight is 396 g/mol. The summed E-state index contributed by atoms with van der Waals surface area (Å²) in [6, 6.07) is 25.4. The van der Waals surface area contributed by atoms with Gasteiger partial charge in [-0.2, -0.15) is 0 Å². The lowest BCUT2D eigenvalue weighted by molar-refractivity contribution is 0.0746. The first-order chi connectivity index (χ1) is 14.7. The van der Waals surface area contributed by atoms with Gasteiger partial charge in [0.15, 0.2) is 0 Å². The van der Waals surface area contributed by atoms with Crippen LogP contribution in [-0.4, -0.2) is 44.1 Å². The van der Waals surface area contributed by atoms with Gasteiger partial charge < -0.3 is 14.5 Å². The number of anilines is 1. The smallest absolute Gasteiger partial charge is 0.254 e. The molecule has 4 rings (SSSR count). The molecule has 3 aromatic rings. The van der Waals surface area contributed by atoms with Gasteiger partial charge in [0.25, 0.3) is 5.91 Å². The molecule has 0 aliphatic carbocycles. The minimum atomic E-state index is 0.0537. The van der Waals surface area contributed by atoms with Crippen molar-refractivity contribution in [2.24, 2.45) is 0 Å². The molecule has 1 saturated heterocycles. The lowest BCUT2D eigenvalue weighted by Gasteiger charge is -2.36. The first-order valence-electron chi connectivity index (χ1n) is 10.1. The van der Waals surface area contributed by atoms with Gasteiger partial charge >= 0.3 is 0 Å². The number of hydrogen-bond acceptors (Lipinski definition) is 3. The molecule has 1 aliphatic rings. The molecule has 0 saturated carbocycles.